The fourth-order valence-corrected chi connectivity index (χ4v) is 2.54. The first-order chi connectivity index (χ1) is 12.1. The molecule has 0 spiro atoms. The minimum absolute atomic E-state index is 0.0269. The second-order valence-electron chi connectivity index (χ2n) is 6.14. The minimum Gasteiger partial charge on any atom is -0.421 e. The highest BCUT2D eigenvalue weighted by Crippen LogP contribution is 2.26. The smallest absolute Gasteiger partial charge is 0.343 e. The van der Waals surface area contributed by atoms with Gasteiger partial charge in [0.15, 0.2) is 5.75 Å². The molecular formula is C21H25NO3. The Morgan fingerprint density at radius 2 is 1.72 bits per heavy atom. The zero-order chi connectivity index (χ0) is 18.1. The van der Waals surface area contributed by atoms with Gasteiger partial charge >= 0.3 is 5.97 Å². The maximum Gasteiger partial charge on any atom is 0.343 e. The topological polar surface area (TPSA) is 55.4 Å². The molecule has 0 fully saturated rings. The van der Waals surface area contributed by atoms with Crippen molar-refractivity contribution in [3.63, 3.8) is 0 Å². The van der Waals surface area contributed by atoms with E-state index in [2.05, 4.69) is 12.2 Å². The van der Waals surface area contributed by atoms with Gasteiger partial charge in [-0.1, -0.05) is 43.7 Å². The average Bonchev–Trinajstić information content (AvgIpc) is 2.62. The van der Waals surface area contributed by atoms with E-state index in [-0.39, 0.29) is 11.8 Å². The predicted octanol–water partition coefficient (Wildman–Crippen LogP) is 4.86. The van der Waals surface area contributed by atoms with Crippen LogP contribution < -0.4 is 10.1 Å². The minimum atomic E-state index is -0.401. The Morgan fingerprint density at radius 3 is 2.44 bits per heavy atom. The van der Waals surface area contributed by atoms with E-state index in [4.69, 9.17) is 4.74 Å². The van der Waals surface area contributed by atoms with Gasteiger partial charge in [0, 0.05) is 18.9 Å². The van der Waals surface area contributed by atoms with Gasteiger partial charge in [-0.05, 0) is 37.6 Å². The second kappa shape index (κ2) is 9.62. The Labute approximate surface area is 149 Å². The van der Waals surface area contributed by atoms with E-state index >= 15 is 0 Å². The number of hydrogen-bond donors (Lipinski definition) is 1. The van der Waals surface area contributed by atoms with Gasteiger partial charge in [0.1, 0.15) is 5.78 Å². The van der Waals surface area contributed by atoms with E-state index in [1.807, 2.05) is 31.2 Å². The van der Waals surface area contributed by atoms with Crippen LogP contribution in [0.2, 0.25) is 0 Å². The third kappa shape index (κ3) is 6.07. The van der Waals surface area contributed by atoms with Crippen LogP contribution >= 0.6 is 0 Å². The van der Waals surface area contributed by atoms with Crippen molar-refractivity contribution >= 4 is 17.4 Å². The molecule has 2 aromatic rings. The van der Waals surface area contributed by atoms with Crippen LogP contribution in [0.3, 0.4) is 0 Å². The monoisotopic (exact) mass is 339 g/mol. The third-order valence-corrected chi connectivity index (χ3v) is 3.84. The van der Waals surface area contributed by atoms with Crippen LogP contribution in [0.1, 0.15) is 49.9 Å². The van der Waals surface area contributed by atoms with E-state index in [9.17, 15) is 9.59 Å². The number of unbranched alkanes of at least 4 members (excludes halogenated alkanes) is 1. The molecule has 2 aromatic carbocycles. The largest absolute Gasteiger partial charge is 0.421 e. The molecule has 0 bridgehead atoms. The first-order valence-corrected chi connectivity index (χ1v) is 8.74. The molecule has 0 aliphatic heterocycles. The highest BCUT2D eigenvalue weighted by atomic mass is 16.5. The lowest BCUT2D eigenvalue weighted by atomic mass is 10.1. The molecule has 25 heavy (non-hydrogen) atoms. The summed E-state index contributed by atoms with van der Waals surface area (Å²) in [5.41, 5.74) is 1.21. The summed E-state index contributed by atoms with van der Waals surface area (Å²) in [6, 6.07) is 16.1. The number of esters is 1. The van der Waals surface area contributed by atoms with Crippen LogP contribution in [-0.4, -0.2) is 17.8 Å². The zero-order valence-corrected chi connectivity index (χ0v) is 14.8. The van der Waals surface area contributed by atoms with Gasteiger partial charge in [-0.25, -0.2) is 4.79 Å². The Balaban J connectivity index is 2.00. The lowest BCUT2D eigenvalue weighted by molar-refractivity contribution is -0.119. The maximum atomic E-state index is 12.2. The van der Waals surface area contributed by atoms with Gasteiger partial charge in [0.05, 0.1) is 11.3 Å². The molecule has 0 aromatic heterocycles. The third-order valence-electron chi connectivity index (χ3n) is 3.84. The number of rotatable bonds is 9. The van der Waals surface area contributed by atoms with Gasteiger partial charge < -0.3 is 10.1 Å². The Kier molecular flexibility index (Phi) is 7.20. The van der Waals surface area contributed by atoms with Gasteiger partial charge in [0.25, 0.3) is 0 Å². The number of carbonyl (C=O) groups excluding carboxylic acids is 2. The van der Waals surface area contributed by atoms with Crippen LogP contribution in [-0.2, 0) is 4.79 Å². The second-order valence-corrected chi connectivity index (χ2v) is 6.14. The number of Topliss-reactive ketones (excluding diaryl/α,β-unsaturated/α-hetero) is 1. The number of benzene rings is 2. The number of ketones is 1. The molecule has 0 radical (unpaired) electrons. The molecule has 1 N–H and O–H groups in total. The van der Waals surface area contributed by atoms with Crippen LogP contribution in [0.25, 0.3) is 0 Å². The van der Waals surface area contributed by atoms with Gasteiger partial charge in [0.2, 0.25) is 0 Å². The summed E-state index contributed by atoms with van der Waals surface area (Å²) in [6.07, 6.45) is 3.02. The number of hydrogen-bond acceptors (Lipinski definition) is 4. The maximum absolute atomic E-state index is 12.2. The molecule has 4 nitrogen and oxygen atoms in total. The van der Waals surface area contributed by atoms with Gasteiger partial charge in [-0.3, -0.25) is 4.79 Å². The first kappa shape index (κ1) is 18.7. The quantitative estimate of drug-likeness (QED) is 0.524. The van der Waals surface area contributed by atoms with E-state index in [1.165, 1.54) is 0 Å². The molecule has 132 valence electrons. The molecule has 0 aliphatic carbocycles. The van der Waals surface area contributed by atoms with Crippen molar-refractivity contribution in [1.29, 1.82) is 0 Å². The fourth-order valence-electron chi connectivity index (χ4n) is 2.54. The van der Waals surface area contributed by atoms with Crippen molar-refractivity contribution < 1.29 is 14.3 Å². The zero-order valence-electron chi connectivity index (χ0n) is 14.8. The molecule has 1 atom stereocenters. The fraction of sp³-hybridized carbons (Fsp3) is 0.333. The number of carbonyl (C=O) groups is 2. The number of ether oxygens (including phenoxy) is 1. The highest BCUT2D eigenvalue weighted by molar-refractivity contribution is 5.91. The molecular weight excluding hydrogens is 314 g/mol. The molecule has 4 heteroatoms. The van der Waals surface area contributed by atoms with E-state index < -0.39 is 5.97 Å². The van der Waals surface area contributed by atoms with Gasteiger partial charge in [-0.15, -0.1) is 0 Å². The van der Waals surface area contributed by atoms with Crippen molar-refractivity contribution in [2.24, 2.45) is 0 Å². The standard InChI is InChI=1S/C21H25NO3/c1-3-4-12-18(23)15-16(2)22-19-13-8-9-14-20(19)25-21(24)17-10-6-5-7-11-17/h5-11,13-14,16,22H,3-4,12,15H2,1-2H3. The van der Waals surface area contributed by atoms with Crippen molar-refractivity contribution in [3.8, 4) is 5.75 Å². The molecule has 2 rings (SSSR count). The number of nitrogens with one attached hydrogen (secondary N) is 1. The van der Waals surface area contributed by atoms with Crippen molar-refractivity contribution in [2.45, 2.75) is 45.6 Å². The Hall–Kier alpha value is -2.62. The molecule has 0 heterocycles. The number of para-hydroxylation sites is 2. The normalized spacial score (nSPS) is 11.6. The SMILES string of the molecule is CCCCC(=O)CC(C)Nc1ccccc1OC(=O)c1ccccc1. The van der Waals surface area contributed by atoms with Crippen LogP contribution in [0.15, 0.2) is 54.6 Å². The summed E-state index contributed by atoms with van der Waals surface area (Å²) in [5.74, 6) is 0.311. The predicted molar refractivity (Wildman–Crippen MR) is 100 cm³/mol. The molecule has 0 saturated carbocycles. The first-order valence-electron chi connectivity index (χ1n) is 8.74. The van der Waals surface area contributed by atoms with E-state index in [1.54, 1.807) is 30.3 Å². The lowest BCUT2D eigenvalue weighted by Gasteiger charge is -2.17. The number of anilines is 1. The molecule has 0 aliphatic rings. The van der Waals surface area contributed by atoms with E-state index in [0.29, 0.717) is 29.8 Å². The summed E-state index contributed by atoms with van der Waals surface area (Å²) in [7, 11) is 0. The summed E-state index contributed by atoms with van der Waals surface area (Å²) < 4.78 is 5.52. The summed E-state index contributed by atoms with van der Waals surface area (Å²) in [5, 5.41) is 3.28. The molecule has 0 amide bonds. The van der Waals surface area contributed by atoms with Crippen molar-refractivity contribution in [1.82, 2.24) is 0 Å². The summed E-state index contributed by atoms with van der Waals surface area (Å²) in [6.45, 7) is 4.03. The highest BCUT2D eigenvalue weighted by Gasteiger charge is 2.14. The van der Waals surface area contributed by atoms with Crippen LogP contribution in [0.5, 0.6) is 5.75 Å². The molecule has 1 unspecified atom stereocenters. The van der Waals surface area contributed by atoms with Crippen molar-refractivity contribution in [2.75, 3.05) is 5.32 Å². The molecule has 0 saturated heterocycles. The Morgan fingerprint density at radius 1 is 1.04 bits per heavy atom. The summed E-state index contributed by atoms with van der Waals surface area (Å²) in [4.78, 5) is 24.2. The lowest BCUT2D eigenvalue weighted by Crippen LogP contribution is -2.20. The van der Waals surface area contributed by atoms with Crippen molar-refractivity contribution in [3.05, 3.63) is 60.2 Å². The Bertz CT molecular complexity index is 697. The van der Waals surface area contributed by atoms with Gasteiger partial charge in [-0.2, -0.15) is 0 Å². The summed E-state index contributed by atoms with van der Waals surface area (Å²) >= 11 is 0. The van der Waals surface area contributed by atoms with E-state index in [0.717, 1.165) is 12.8 Å². The van der Waals surface area contributed by atoms with Crippen LogP contribution in [0.4, 0.5) is 5.69 Å². The average molecular weight is 339 g/mol. The van der Waals surface area contributed by atoms with Crippen LogP contribution in [0, 0.1) is 0 Å².